The Kier molecular flexibility index (Phi) is 4.33. The molecular weight excluding hydrogens is 350 g/mol. The highest BCUT2D eigenvalue weighted by atomic mass is 16.7. The van der Waals surface area contributed by atoms with Gasteiger partial charge >= 0.3 is 5.69 Å². The number of aromatic nitrogens is 4. The molecule has 1 N–H and O–H groups in total. The maximum Gasteiger partial charge on any atom is 0.368 e. The first-order valence-corrected chi connectivity index (χ1v) is 8.39. The predicted molar refractivity (Wildman–Crippen MR) is 94.7 cm³/mol. The average molecular weight is 367 g/mol. The van der Waals surface area contributed by atoms with Crippen LogP contribution in [0.1, 0.15) is 18.5 Å². The van der Waals surface area contributed by atoms with E-state index in [2.05, 4.69) is 15.7 Å². The lowest BCUT2D eigenvalue weighted by Gasteiger charge is -2.14. The van der Waals surface area contributed by atoms with Crippen LogP contribution in [0.3, 0.4) is 0 Å². The van der Waals surface area contributed by atoms with Crippen LogP contribution in [0, 0.1) is 0 Å². The van der Waals surface area contributed by atoms with Gasteiger partial charge in [-0.05, 0) is 47.2 Å². The van der Waals surface area contributed by atoms with Crippen LogP contribution in [0.15, 0.2) is 53.3 Å². The van der Waals surface area contributed by atoms with Crippen LogP contribution in [0.5, 0.6) is 11.5 Å². The van der Waals surface area contributed by atoms with Crippen LogP contribution in [-0.4, -0.2) is 32.5 Å². The van der Waals surface area contributed by atoms with Crippen molar-refractivity contribution >= 4 is 5.91 Å². The third kappa shape index (κ3) is 3.39. The minimum Gasteiger partial charge on any atom is -0.454 e. The lowest BCUT2D eigenvalue weighted by Crippen LogP contribution is -2.34. The zero-order valence-electron chi connectivity index (χ0n) is 14.5. The van der Waals surface area contributed by atoms with Gasteiger partial charge in [-0.25, -0.2) is 4.79 Å². The van der Waals surface area contributed by atoms with Gasteiger partial charge in [0.15, 0.2) is 11.5 Å². The van der Waals surface area contributed by atoms with Crippen molar-refractivity contribution in [3.05, 3.63) is 64.6 Å². The molecule has 2 heterocycles. The number of tetrazole rings is 1. The molecule has 0 aliphatic carbocycles. The summed E-state index contributed by atoms with van der Waals surface area (Å²) in [6.07, 6.45) is 0. The van der Waals surface area contributed by atoms with Gasteiger partial charge in [0.05, 0.1) is 11.7 Å². The molecular formula is C18H17N5O4. The summed E-state index contributed by atoms with van der Waals surface area (Å²) in [7, 11) is 0. The largest absolute Gasteiger partial charge is 0.454 e. The lowest BCUT2D eigenvalue weighted by molar-refractivity contribution is -0.122. The number of fused-ring (bicyclic) bond motifs is 1. The topological polar surface area (TPSA) is 100 Å². The van der Waals surface area contributed by atoms with Gasteiger partial charge in [0.1, 0.15) is 6.54 Å². The van der Waals surface area contributed by atoms with Gasteiger partial charge in [0.25, 0.3) is 0 Å². The summed E-state index contributed by atoms with van der Waals surface area (Å²) in [5, 5.41) is 10.4. The number of nitrogens with zero attached hydrogens (tertiary/aromatic N) is 4. The summed E-state index contributed by atoms with van der Waals surface area (Å²) in [6.45, 7) is 1.82. The Labute approximate surface area is 154 Å². The first kappa shape index (κ1) is 16.8. The van der Waals surface area contributed by atoms with E-state index in [1.165, 1.54) is 0 Å². The zero-order chi connectivity index (χ0) is 18.8. The molecule has 2 aromatic carbocycles. The molecule has 0 bridgehead atoms. The molecule has 1 aromatic heterocycles. The Balaban J connectivity index is 1.44. The fourth-order valence-corrected chi connectivity index (χ4v) is 2.79. The molecule has 1 aliphatic heterocycles. The summed E-state index contributed by atoms with van der Waals surface area (Å²) in [5.74, 6) is 0.986. The molecule has 0 unspecified atom stereocenters. The summed E-state index contributed by atoms with van der Waals surface area (Å²) in [5.41, 5.74) is 0.975. The van der Waals surface area contributed by atoms with Crippen molar-refractivity contribution in [3.8, 4) is 17.2 Å². The van der Waals surface area contributed by atoms with Crippen LogP contribution in [-0.2, 0) is 11.3 Å². The van der Waals surface area contributed by atoms with E-state index in [1.807, 2.05) is 25.1 Å². The van der Waals surface area contributed by atoms with E-state index in [-0.39, 0.29) is 25.3 Å². The van der Waals surface area contributed by atoms with Gasteiger partial charge in [-0.2, -0.15) is 9.36 Å². The summed E-state index contributed by atoms with van der Waals surface area (Å²) < 4.78 is 12.8. The fourth-order valence-electron chi connectivity index (χ4n) is 2.79. The number of rotatable bonds is 5. The molecule has 1 aliphatic rings. The van der Waals surface area contributed by atoms with Crippen LogP contribution >= 0.6 is 0 Å². The minimum absolute atomic E-state index is 0.194. The SMILES string of the molecule is C[C@@H](NC(=O)Cn1nnn(-c2ccccc2)c1=O)c1ccc2c(c1)OCO2. The number of hydrogen-bond acceptors (Lipinski definition) is 6. The number of hydrogen-bond donors (Lipinski definition) is 1. The molecule has 0 spiro atoms. The normalized spacial score (nSPS) is 13.4. The number of carbonyl (C=O) groups excluding carboxylic acids is 1. The second kappa shape index (κ2) is 6.94. The highest BCUT2D eigenvalue weighted by molar-refractivity contribution is 5.76. The summed E-state index contributed by atoms with van der Waals surface area (Å²) in [4.78, 5) is 24.7. The first-order chi connectivity index (χ1) is 13.1. The maximum atomic E-state index is 12.4. The molecule has 3 aromatic rings. The molecule has 0 saturated heterocycles. The number of nitrogens with one attached hydrogen (secondary N) is 1. The zero-order valence-corrected chi connectivity index (χ0v) is 14.5. The average Bonchev–Trinajstić information content (AvgIpc) is 3.29. The van der Waals surface area contributed by atoms with E-state index < -0.39 is 5.69 Å². The quantitative estimate of drug-likeness (QED) is 0.723. The smallest absolute Gasteiger partial charge is 0.368 e. The molecule has 4 rings (SSSR count). The highest BCUT2D eigenvalue weighted by Gasteiger charge is 2.18. The van der Waals surface area contributed by atoms with Gasteiger partial charge in [-0.3, -0.25) is 4.79 Å². The molecule has 0 fully saturated rings. The van der Waals surface area contributed by atoms with Crippen molar-refractivity contribution in [1.29, 1.82) is 0 Å². The predicted octanol–water partition coefficient (Wildman–Crippen LogP) is 1.04. The standard InChI is InChI=1S/C18H17N5O4/c1-12(13-7-8-15-16(9-13)27-11-26-15)19-17(24)10-22-18(25)23(21-20-22)14-5-3-2-4-6-14/h2-9,12H,10-11H2,1H3,(H,19,24)/t12-/m1/s1. The van der Waals surface area contributed by atoms with Crippen LogP contribution < -0.4 is 20.5 Å². The van der Waals surface area contributed by atoms with Gasteiger partial charge in [-0.15, -0.1) is 0 Å². The summed E-state index contributed by atoms with van der Waals surface area (Å²) >= 11 is 0. The van der Waals surface area contributed by atoms with Gasteiger partial charge in [0, 0.05) is 0 Å². The van der Waals surface area contributed by atoms with Crippen molar-refractivity contribution in [2.75, 3.05) is 6.79 Å². The Hall–Kier alpha value is -3.62. The fraction of sp³-hybridized carbons (Fsp3) is 0.222. The van der Waals surface area contributed by atoms with E-state index in [0.717, 1.165) is 14.9 Å². The molecule has 27 heavy (non-hydrogen) atoms. The monoisotopic (exact) mass is 367 g/mol. The molecule has 1 amide bonds. The molecule has 9 nitrogen and oxygen atoms in total. The van der Waals surface area contributed by atoms with E-state index in [4.69, 9.17) is 9.47 Å². The number of carbonyl (C=O) groups is 1. The number of benzene rings is 2. The van der Waals surface area contributed by atoms with Crippen molar-refractivity contribution in [2.24, 2.45) is 0 Å². The second-order valence-corrected chi connectivity index (χ2v) is 6.07. The third-order valence-electron chi connectivity index (χ3n) is 4.21. The molecule has 0 saturated carbocycles. The minimum atomic E-state index is -0.480. The highest BCUT2D eigenvalue weighted by Crippen LogP contribution is 2.34. The molecule has 0 radical (unpaired) electrons. The van der Waals surface area contributed by atoms with Crippen LogP contribution in [0.4, 0.5) is 0 Å². The Morgan fingerprint density at radius 3 is 2.74 bits per heavy atom. The Morgan fingerprint density at radius 2 is 1.93 bits per heavy atom. The van der Waals surface area contributed by atoms with Crippen LogP contribution in [0.25, 0.3) is 5.69 Å². The molecule has 9 heteroatoms. The maximum absolute atomic E-state index is 12.4. The lowest BCUT2D eigenvalue weighted by atomic mass is 10.1. The number of amides is 1. The van der Waals surface area contributed by atoms with E-state index >= 15 is 0 Å². The summed E-state index contributed by atoms with van der Waals surface area (Å²) in [6, 6.07) is 14.1. The Morgan fingerprint density at radius 1 is 1.15 bits per heavy atom. The van der Waals surface area contributed by atoms with Crippen molar-refractivity contribution < 1.29 is 14.3 Å². The van der Waals surface area contributed by atoms with Crippen molar-refractivity contribution in [2.45, 2.75) is 19.5 Å². The van der Waals surface area contributed by atoms with Gasteiger partial charge in [-0.1, -0.05) is 24.3 Å². The van der Waals surface area contributed by atoms with Crippen molar-refractivity contribution in [1.82, 2.24) is 25.1 Å². The number of para-hydroxylation sites is 1. The van der Waals surface area contributed by atoms with E-state index in [1.54, 1.807) is 30.3 Å². The van der Waals surface area contributed by atoms with Gasteiger partial charge < -0.3 is 14.8 Å². The second-order valence-electron chi connectivity index (χ2n) is 6.07. The third-order valence-corrected chi connectivity index (χ3v) is 4.21. The van der Waals surface area contributed by atoms with Crippen LogP contribution in [0.2, 0.25) is 0 Å². The molecule has 138 valence electrons. The van der Waals surface area contributed by atoms with E-state index in [9.17, 15) is 9.59 Å². The number of ether oxygens (including phenoxy) is 2. The van der Waals surface area contributed by atoms with Crippen molar-refractivity contribution in [3.63, 3.8) is 0 Å². The van der Waals surface area contributed by atoms with Gasteiger partial charge in [0.2, 0.25) is 12.7 Å². The molecule has 1 atom stereocenters. The van der Waals surface area contributed by atoms with E-state index in [0.29, 0.717) is 17.2 Å². The first-order valence-electron chi connectivity index (χ1n) is 8.39. The Bertz CT molecular complexity index is 1030.